The quantitative estimate of drug-likeness (QED) is 0.776. The lowest BCUT2D eigenvalue weighted by Crippen LogP contribution is -2.14. The fraction of sp³-hybridized carbons (Fsp3) is 0. The number of nitrogens with zero attached hydrogens (tertiary/aromatic N) is 1. The van der Waals surface area contributed by atoms with E-state index in [-0.39, 0.29) is 5.91 Å². The molecule has 0 bridgehead atoms. The Kier molecular flexibility index (Phi) is 4.42. The van der Waals surface area contributed by atoms with Gasteiger partial charge in [-0.05, 0) is 52.9 Å². The molecular formula is C12H7Cl2IN2O. The molecule has 0 aliphatic rings. The highest BCUT2D eigenvalue weighted by atomic mass is 127. The van der Waals surface area contributed by atoms with E-state index in [1.54, 1.807) is 36.5 Å². The average Bonchev–Trinajstić information content (AvgIpc) is 2.32. The van der Waals surface area contributed by atoms with Gasteiger partial charge >= 0.3 is 0 Å². The number of nitrogens with one attached hydrogen (secondary N) is 1. The summed E-state index contributed by atoms with van der Waals surface area (Å²) in [4.78, 5) is 16.0. The molecule has 1 aromatic heterocycles. The Morgan fingerprint density at radius 3 is 2.72 bits per heavy atom. The predicted octanol–water partition coefficient (Wildman–Crippen LogP) is 4.25. The third-order valence-electron chi connectivity index (χ3n) is 2.17. The number of amides is 1. The first kappa shape index (κ1) is 13.6. The highest BCUT2D eigenvalue weighted by Gasteiger charge is 2.12. The molecule has 0 aliphatic heterocycles. The van der Waals surface area contributed by atoms with Crippen LogP contribution in [0.2, 0.25) is 10.0 Å². The van der Waals surface area contributed by atoms with Gasteiger partial charge in [-0.2, -0.15) is 0 Å². The molecule has 0 fully saturated rings. The molecular weight excluding hydrogens is 386 g/mol. The molecule has 92 valence electrons. The van der Waals surface area contributed by atoms with Crippen molar-refractivity contribution in [2.45, 2.75) is 0 Å². The summed E-state index contributed by atoms with van der Waals surface area (Å²) < 4.78 is 0.768. The zero-order valence-electron chi connectivity index (χ0n) is 8.95. The number of pyridine rings is 1. The average molecular weight is 393 g/mol. The normalized spacial score (nSPS) is 10.2. The summed E-state index contributed by atoms with van der Waals surface area (Å²) in [5, 5.41) is 3.64. The molecule has 0 atom stereocenters. The second kappa shape index (κ2) is 5.86. The third kappa shape index (κ3) is 3.13. The van der Waals surface area contributed by atoms with Gasteiger partial charge < -0.3 is 5.32 Å². The number of carbonyl (C=O) groups is 1. The molecule has 18 heavy (non-hydrogen) atoms. The lowest BCUT2D eigenvalue weighted by molar-refractivity contribution is 0.102. The maximum atomic E-state index is 12.0. The van der Waals surface area contributed by atoms with Crippen molar-refractivity contribution in [1.82, 2.24) is 4.98 Å². The molecule has 0 saturated heterocycles. The van der Waals surface area contributed by atoms with Crippen LogP contribution in [-0.2, 0) is 0 Å². The van der Waals surface area contributed by atoms with Crippen molar-refractivity contribution >= 4 is 57.5 Å². The monoisotopic (exact) mass is 392 g/mol. The van der Waals surface area contributed by atoms with E-state index in [2.05, 4.69) is 32.9 Å². The van der Waals surface area contributed by atoms with E-state index >= 15 is 0 Å². The first-order valence-corrected chi connectivity index (χ1v) is 6.78. The smallest absolute Gasteiger partial charge is 0.257 e. The number of aromatic nitrogens is 1. The predicted molar refractivity (Wildman–Crippen MR) is 81.4 cm³/mol. The molecule has 0 unspecified atom stereocenters. The number of anilines is 1. The van der Waals surface area contributed by atoms with Crippen molar-refractivity contribution in [3.05, 3.63) is 55.7 Å². The molecule has 2 rings (SSSR count). The number of hydrogen-bond donors (Lipinski definition) is 1. The van der Waals surface area contributed by atoms with E-state index in [0.717, 1.165) is 3.57 Å². The third-order valence-corrected chi connectivity index (χ3v) is 3.60. The number of benzene rings is 1. The zero-order chi connectivity index (χ0) is 13.1. The molecule has 6 heteroatoms. The van der Waals surface area contributed by atoms with Gasteiger partial charge in [0.25, 0.3) is 5.91 Å². The first-order chi connectivity index (χ1) is 8.58. The van der Waals surface area contributed by atoms with E-state index in [1.807, 2.05) is 0 Å². The second-order valence-electron chi connectivity index (χ2n) is 3.41. The minimum Gasteiger partial charge on any atom is -0.305 e. The van der Waals surface area contributed by atoms with E-state index in [1.165, 1.54) is 0 Å². The number of hydrogen-bond acceptors (Lipinski definition) is 2. The largest absolute Gasteiger partial charge is 0.305 e. The van der Waals surface area contributed by atoms with Crippen LogP contribution in [-0.4, -0.2) is 10.9 Å². The lowest BCUT2D eigenvalue weighted by Gasteiger charge is -2.07. The van der Waals surface area contributed by atoms with Crippen molar-refractivity contribution < 1.29 is 4.79 Å². The van der Waals surface area contributed by atoms with Gasteiger partial charge in [-0.15, -0.1) is 0 Å². The first-order valence-electron chi connectivity index (χ1n) is 4.95. The molecule has 1 heterocycles. The Bertz CT molecular complexity index is 604. The van der Waals surface area contributed by atoms with Crippen LogP contribution >= 0.6 is 45.8 Å². The molecule has 0 spiro atoms. The van der Waals surface area contributed by atoms with Crippen molar-refractivity contribution in [3.8, 4) is 0 Å². The molecule has 2 aromatic rings. The SMILES string of the molecule is O=C(Nc1ncccc1Cl)c1ccc(Cl)cc1I. The number of halogens is 3. The Balaban J connectivity index is 2.25. The Labute approximate surface area is 128 Å². The Morgan fingerprint density at radius 1 is 1.28 bits per heavy atom. The summed E-state index contributed by atoms with van der Waals surface area (Å²) in [5.74, 6) is 0.0755. The Morgan fingerprint density at radius 2 is 2.06 bits per heavy atom. The summed E-state index contributed by atoms with van der Waals surface area (Å²) in [7, 11) is 0. The van der Waals surface area contributed by atoms with Gasteiger partial charge in [-0.3, -0.25) is 4.79 Å². The molecule has 1 aromatic carbocycles. The minimum atomic E-state index is -0.267. The Hall–Kier alpha value is -0.850. The van der Waals surface area contributed by atoms with Crippen molar-refractivity contribution in [2.24, 2.45) is 0 Å². The fourth-order valence-corrected chi connectivity index (χ4v) is 2.61. The van der Waals surface area contributed by atoms with Gasteiger partial charge in [0.2, 0.25) is 0 Å². The second-order valence-corrected chi connectivity index (χ2v) is 5.42. The summed E-state index contributed by atoms with van der Waals surface area (Å²) in [6.45, 7) is 0. The lowest BCUT2D eigenvalue weighted by atomic mass is 10.2. The van der Waals surface area contributed by atoms with Crippen LogP contribution in [0.5, 0.6) is 0 Å². The van der Waals surface area contributed by atoms with Crippen LogP contribution < -0.4 is 5.32 Å². The van der Waals surface area contributed by atoms with Gasteiger partial charge in [0.15, 0.2) is 5.82 Å². The summed E-state index contributed by atoms with van der Waals surface area (Å²) in [6, 6.07) is 8.41. The van der Waals surface area contributed by atoms with Gasteiger partial charge in [-0.1, -0.05) is 23.2 Å². The van der Waals surface area contributed by atoms with E-state index in [0.29, 0.717) is 21.4 Å². The number of carbonyl (C=O) groups excluding carboxylic acids is 1. The highest BCUT2D eigenvalue weighted by Crippen LogP contribution is 2.21. The standard InChI is InChI=1S/C12H7Cl2IN2O/c13-7-3-4-8(10(15)6-7)12(18)17-11-9(14)2-1-5-16-11/h1-6H,(H,16,17,18). The van der Waals surface area contributed by atoms with Crippen LogP contribution in [0.4, 0.5) is 5.82 Å². The minimum absolute atomic E-state index is 0.267. The zero-order valence-corrected chi connectivity index (χ0v) is 12.6. The molecule has 1 amide bonds. The van der Waals surface area contributed by atoms with Crippen LogP contribution in [0, 0.1) is 3.57 Å². The summed E-state index contributed by atoms with van der Waals surface area (Å²) in [5.41, 5.74) is 0.529. The van der Waals surface area contributed by atoms with E-state index in [9.17, 15) is 4.79 Å². The fourth-order valence-electron chi connectivity index (χ4n) is 1.33. The molecule has 3 nitrogen and oxygen atoms in total. The summed E-state index contributed by atoms with van der Waals surface area (Å²) >= 11 is 13.8. The van der Waals surface area contributed by atoms with Crippen LogP contribution in [0.15, 0.2) is 36.5 Å². The highest BCUT2D eigenvalue weighted by molar-refractivity contribution is 14.1. The number of rotatable bonds is 2. The van der Waals surface area contributed by atoms with Gasteiger partial charge in [0.05, 0.1) is 10.6 Å². The van der Waals surface area contributed by atoms with Gasteiger partial charge in [-0.25, -0.2) is 4.98 Å². The summed E-state index contributed by atoms with van der Waals surface area (Å²) in [6.07, 6.45) is 1.56. The van der Waals surface area contributed by atoms with Crippen LogP contribution in [0.1, 0.15) is 10.4 Å². The topological polar surface area (TPSA) is 42.0 Å². The van der Waals surface area contributed by atoms with Crippen LogP contribution in [0.25, 0.3) is 0 Å². The van der Waals surface area contributed by atoms with Crippen molar-refractivity contribution in [1.29, 1.82) is 0 Å². The van der Waals surface area contributed by atoms with Gasteiger partial charge in [0, 0.05) is 14.8 Å². The maximum Gasteiger partial charge on any atom is 0.257 e. The van der Waals surface area contributed by atoms with Crippen molar-refractivity contribution in [3.63, 3.8) is 0 Å². The van der Waals surface area contributed by atoms with E-state index < -0.39 is 0 Å². The van der Waals surface area contributed by atoms with Crippen LogP contribution in [0.3, 0.4) is 0 Å². The maximum absolute atomic E-state index is 12.0. The van der Waals surface area contributed by atoms with E-state index in [4.69, 9.17) is 23.2 Å². The molecule has 0 radical (unpaired) electrons. The molecule has 1 N–H and O–H groups in total. The molecule has 0 saturated carbocycles. The van der Waals surface area contributed by atoms with Crippen molar-refractivity contribution in [2.75, 3.05) is 5.32 Å². The van der Waals surface area contributed by atoms with Gasteiger partial charge in [0.1, 0.15) is 0 Å². The molecule has 0 aliphatic carbocycles.